The molecule has 2 aromatic carbocycles. The molecular weight excluding hydrogens is 364 g/mol. The third-order valence-corrected chi connectivity index (χ3v) is 4.67. The molecule has 0 amide bonds. The number of carbonyl (C=O) groups excluding carboxylic acids is 1. The highest BCUT2D eigenvalue weighted by atomic mass is 16.5. The lowest BCUT2D eigenvalue weighted by Crippen LogP contribution is -2.08. The molecule has 0 saturated heterocycles. The zero-order valence-corrected chi connectivity index (χ0v) is 15.4. The maximum absolute atomic E-state index is 12.1. The lowest BCUT2D eigenvalue weighted by Gasteiger charge is -2.12. The van der Waals surface area contributed by atoms with Crippen LogP contribution in [0.25, 0.3) is 16.9 Å². The lowest BCUT2D eigenvalue weighted by atomic mass is 10.1. The van der Waals surface area contributed by atoms with Gasteiger partial charge in [0.25, 0.3) is 0 Å². The van der Waals surface area contributed by atoms with Crippen molar-refractivity contribution in [2.24, 2.45) is 4.99 Å². The number of para-hydroxylation sites is 2. The van der Waals surface area contributed by atoms with Gasteiger partial charge in [-0.1, -0.05) is 36.4 Å². The highest BCUT2D eigenvalue weighted by Gasteiger charge is 2.20. The molecule has 0 spiro atoms. The van der Waals surface area contributed by atoms with Crippen LogP contribution in [-0.2, 0) is 0 Å². The quantitative estimate of drug-likeness (QED) is 0.499. The summed E-state index contributed by atoms with van der Waals surface area (Å²) in [7, 11) is 0. The number of fused-ring (bicyclic) bond motifs is 1. The van der Waals surface area contributed by atoms with Gasteiger partial charge in [-0.3, -0.25) is 9.79 Å². The van der Waals surface area contributed by atoms with E-state index in [2.05, 4.69) is 15.1 Å². The first-order valence-electron chi connectivity index (χ1n) is 9.22. The van der Waals surface area contributed by atoms with Gasteiger partial charge in [0.05, 0.1) is 6.20 Å². The van der Waals surface area contributed by atoms with E-state index in [1.165, 1.54) is 0 Å². The molecule has 0 radical (unpaired) electrons. The van der Waals surface area contributed by atoms with Crippen LogP contribution in [0.4, 0.5) is 5.69 Å². The molecule has 6 heteroatoms. The minimum Gasteiger partial charge on any atom is -0.457 e. The summed E-state index contributed by atoms with van der Waals surface area (Å²) in [5, 5.41) is 4.46. The van der Waals surface area contributed by atoms with E-state index in [4.69, 9.17) is 4.74 Å². The Morgan fingerprint density at radius 1 is 0.931 bits per heavy atom. The van der Waals surface area contributed by atoms with Gasteiger partial charge in [0.2, 0.25) is 0 Å². The second kappa shape index (κ2) is 7.16. The molecule has 1 aliphatic heterocycles. The first-order chi connectivity index (χ1) is 14.3. The van der Waals surface area contributed by atoms with Gasteiger partial charge in [0.1, 0.15) is 17.2 Å². The standard InChI is InChI=1S/C23H16N4O2/c28-20-11-13-24-22-19(20)10-12-25-23(22)27-15-16(14-26-27)18-8-4-5-9-21(18)29-17-6-2-1-3-7-17/h1-10,12-15H,11H2. The normalized spacial score (nSPS) is 12.6. The van der Waals surface area contributed by atoms with Gasteiger partial charge >= 0.3 is 0 Å². The fraction of sp³-hybridized carbons (Fsp3) is 0.0435. The van der Waals surface area contributed by atoms with Crippen LogP contribution in [0.2, 0.25) is 0 Å². The fourth-order valence-corrected chi connectivity index (χ4v) is 3.28. The van der Waals surface area contributed by atoms with Crippen LogP contribution >= 0.6 is 0 Å². The number of hydrogen-bond acceptors (Lipinski definition) is 5. The third-order valence-electron chi connectivity index (χ3n) is 4.67. The number of ether oxygens (including phenoxy) is 1. The van der Waals surface area contributed by atoms with Crippen molar-refractivity contribution >= 4 is 17.7 Å². The van der Waals surface area contributed by atoms with E-state index in [1.807, 2.05) is 60.8 Å². The van der Waals surface area contributed by atoms with E-state index < -0.39 is 0 Å². The van der Waals surface area contributed by atoms with Crippen LogP contribution in [0.15, 0.2) is 84.2 Å². The summed E-state index contributed by atoms with van der Waals surface area (Å²) in [4.78, 5) is 20.9. The first-order valence-corrected chi connectivity index (χ1v) is 9.22. The predicted molar refractivity (Wildman–Crippen MR) is 110 cm³/mol. The summed E-state index contributed by atoms with van der Waals surface area (Å²) >= 11 is 0. The number of aliphatic imine (C=N–C) groups is 1. The van der Waals surface area contributed by atoms with Crippen molar-refractivity contribution in [2.75, 3.05) is 0 Å². The Morgan fingerprint density at radius 3 is 2.66 bits per heavy atom. The smallest absolute Gasteiger partial charge is 0.180 e. The van der Waals surface area contributed by atoms with Crippen molar-refractivity contribution in [3.8, 4) is 28.4 Å². The van der Waals surface area contributed by atoms with E-state index in [0.717, 1.165) is 22.6 Å². The first kappa shape index (κ1) is 17.1. The van der Waals surface area contributed by atoms with Gasteiger partial charge in [-0.15, -0.1) is 0 Å². The van der Waals surface area contributed by atoms with E-state index in [1.54, 1.807) is 29.4 Å². The zero-order valence-electron chi connectivity index (χ0n) is 15.4. The molecule has 0 fully saturated rings. The molecule has 0 N–H and O–H groups in total. The van der Waals surface area contributed by atoms with Gasteiger partial charge in [0, 0.05) is 41.7 Å². The number of aromatic nitrogens is 3. The predicted octanol–water partition coefficient (Wildman–Crippen LogP) is 5.02. The van der Waals surface area contributed by atoms with Gasteiger partial charge < -0.3 is 4.74 Å². The number of benzene rings is 2. The zero-order chi connectivity index (χ0) is 19.6. The van der Waals surface area contributed by atoms with E-state index in [9.17, 15) is 4.79 Å². The molecule has 0 aliphatic carbocycles. The SMILES string of the molecule is O=C1CC=Nc2c1ccnc2-n1cc(-c2ccccc2Oc2ccccc2)cn1. The van der Waals surface area contributed by atoms with Crippen LogP contribution in [0.5, 0.6) is 11.5 Å². The minimum atomic E-state index is 0.0348. The Bertz CT molecular complexity index is 1230. The highest BCUT2D eigenvalue weighted by Crippen LogP contribution is 2.34. The summed E-state index contributed by atoms with van der Waals surface area (Å²) in [6, 6.07) is 19.1. The highest BCUT2D eigenvalue weighted by molar-refractivity contribution is 6.10. The van der Waals surface area contributed by atoms with Crippen molar-refractivity contribution in [3.63, 3.8) is 0 Å². The average Bonchev–Trinajstić information content (AvgIpc) is 3.25. The average molecular weight is 380 g/mol. The van der Waals surface area contributed by atoms with Gasteiger partial charge in [-0.25, -0.2) is 9.67 Å². The van der Waals surface area contributed by atoms with Crippen LogP contribution in [0.1, 0.15) is 16.8 Å². The Hall–Kier alpha value is -4.06. The summed E-state index contributed by atoms with van der Waals surface area (Å²) in [6.07, 6.45) is 7.15. The van der Waals surface area contributed by atoms with Crippen molar-refractivity contribution in [3.05, 3.63) is 84.8 Å². The number of ketones is 1. The van der Waals surface area contributed by atoms with Crippen molar-refractivity contribution < 1.29 is 9.53 Å². The van der Waals surface area contributed by atoms with Gasteiger partial charge in [-0.2, -0.15) is 5.10 Å². The molecule has 0 unspecified atom stereocenters. The Morgan fingerprint density at radius 2 is 1.76 bits per heavy atom. The van der Waals surface area contributed by atoms with E-state index in [0.29, 0.717) is 23.5 Å². The number of carbonyl (C=O) groups is 1. The lowest BCUT2D eigenvalue weighted by molar-refractivity contribution is 0.100. The molecule has 0 atom stereocenters. The van der Waals surface area contributed by atoms with Crippen LogP contribution < -0.4 is 4.74 Å². The molecule has 1 aliphatic rings. The largest absolute Gasteiger partial charge is 0.457 e. The molecule has 3 heterocycles. The van der Waals surface area contributed by atoms with Crippen LogP contribution in [-0.4, -0.2) is 26.8 Å². The number of Topliss-reactive ketones (excluding diaryl/α,β-unsaturated/α-hetero) is 1. The second-order valence-corrected chi connectivity index (χ2v) is 6.55. The summed E-state index contributed by atoms with van der Waals surface area (Å²) < 4.78 is 7.70. The maximum Gasteiger partial charge on any atom is 0.180 e. The molecule has 4 aromatic rings. The summed E-state index contributed by atoms with van der Waals surface area (Å²) in [5.74, 6) is 2.06. The Balaban J connectivity index is 1.54. The number of rotatable bonds is 4. The number of hydrogen-bond donors (Lipinski definition) is 0. The van der Waals surface area contributed by atoms with Crippen molar-refractivity contribution in [1.29, 1.82) is 0 Å². The van der Waals surface area contributed by atoms with E-state index >= 15 is 0 Å². The van der Waals surface area contributed by atoms with Gasteiger partial charge in [-0.05, 0) is 24.3 Å². The van der Waals surface area contributed by atoms with Crippen molar-refractivity contribution in [1.82, 2.24) is 14.8 Å². The molecule has 5 rings (SSSR count). The van der Waals surface area contributed by atoms with Crippen molar-refractivity contribution in [2.45, 2.75) is 6.42 Å². The molecule has 6 nitrogen and oxygen atoms in total. The third kappa shape index (κ3) is 3.21. The fourth-order valence-electron chi connectivity index (χ4n) is 3.28. The Labute approximate surface area is 167 Å². The molecule has 140 valence electrons. The maximum atomic E-state index is 12.1. The molecule has 29 heavy (non-hydrogen) atoms. The summed E-state index contributed by atoms with van der Waals surface area (Å²) in [6.45, 7) is 0. The van der Waals surface area contributed by atoms with Crippen LogP contribution in [0, 0.1) is 0 Å². The number of pyridine rings is 1. The topological polar surface area (TPSA) is 69.4 Å². The van der Waals surface area contributed by atoms with Crippen LogP contribution in [0.3, 0.4) is 0 Å². The summed E-state index contributed by atoms with van der Waals surface area (Å²) in [5.41, 5.74) is 2.91. The van der Waals surface area contributed by atoms with Gasteiger partial charge in [0.15, 0.2) is 11.6 Å². The second-order valence-electron chi connectivity index (χ2n) is 6.55. The molecule has 2 aromatic heterocycles. The molecule has 0 bridgehead atoms. The molecular formula is C23H16N4O2. The Kier molecular flexibility index (Phi) is 4.22. The monoisotopic (exact) mass is 380 g/mol. The number of nitrogens with zero attached hydrogens (tertiary/aromatic N) is 4. The molecule has 0 saturated carbocycles. The minimum absolute atomic E-state index is 0.0348. The van der Waals surface area contributed by atoms with E-state index in [-0.39, 0.29) is 5.78 Å².